The van der Waals surface area contributed by atoms with Gasteiger partial charge in [0.15, 0.2) is 0 Å². The molecule has 0 aliphatic carbocycles. The van der Waals surface area contributed by atoms with Crippen molar-refractivity contribution in [3.05, 3.63) is 51.5 Å². The van der Waals surface area contributed by atoms with Crippen LogP contribution in [-0.4, -0.2) is 18.8 Å². The minimum absolute atomic E-state index is 0.0180. The molecule has 28 heavy (non-hydrogen) atoms. The van der Waals surface area contributed by atoms with E-state index in [-0.39, 0.29) is 5.70 Å². The fourth-order valence-corrected chi connectivity index (χ4v) is 4.11. The average molecular weight is 414 g/mol. The zero-order chi connectivity index (χ0) is 20.6. The summed E-state index contributed by atoms with van der Waals surface area (Å²) in [7, 11) is 0. The molecule has 0 radical (unpaired) electrons. The van der Waals surface area contributed by atoms with Gasteiger partial charge in [0.1, 0.15) is 6.04 Å². The van der Waals surface area contributed by atoms with E-state index in [9.17, 15) is 13.2 Å². The quantitative estimate of drug-likeness (QED) is 0.459. The number of hydrogen-bond acceptors (Lipinski definition) is 4. The Morgan fingerprint density at radius 1 is 1.25 bits per heavy atom. The highest BCUT2D eigenvalue weighted by Crippen LogP contribution is 2.30. The van der Waals surface area contributed by atoms with Crippen molar-refractivity contribution in [1.29, 1.82) is 0 Å². The summed E-state index contributed by atoms with van der Waals surface area (Å²) in [4.78, 5) is 1.17. The first-order chi connectivity index (χ1) is 13.3. The molecule has 2 rings (SSSR count). The third-order valence-corrected chi connectivity index (χ3v) is 5.78. The van der Waals surface area contributed by atoms with Crippen molar-refractivity contribution >= 4 is 16.9 Å². The SMILES string of the molecule is CCCCCCCCc1ccsc1C1=CCNC(/C(N)=C/C(N)C(F)(F)F)=C1. The highest BCUT2D eigenvalue weighted by Gasteiger charge is 2.35. The van der Waals surface area contributed by atoms with Crippen LogP contribution in [0.3, 0.4) is 0 Å². The van der Waals surface area contributed by atoms with Gasteiger partial charge in [-0.05, 0) is 47.6 Å². The zero-order valence-corrected chi connectivity index (χ0v) is 17.1. The van der Waals surface area contributed by atoms with Crippen molar-refractivity contribution in [3.8, 4) is 0 Å². The number of hydrogen-bond donors (Lipinski definition) is 3. The molecule has 1 unspecified atom stereocenters. The Bertz CT molecular complexity index is 717. The predicted octanol–water partition coefficient (Wildman–Crippen LogP) is 5.25. The maximum absolute atomic E-state index is 12.7. The Balaban J connectivity index is 2.03. The number of halogens is 3. The Morgan fingerprint density at radius 3 is 2.68 bits per heavy atom. The van der Waals surface area contributed by atoms with Crippen LogP contribution >= 0.6 is 11.3 Å². The standard InChI is InChI=1S/C21H30F3N3S/c1-2-3-4-5-6-7-8-15-10-12-28-20(15)16-9-11-27-18(13-16)17(25)14-19(26)21(22,23)24/h9-10,12-14,19,27H,2-8,11,25-26H2,1H3/b17-14-. The third kappa shape index (κ3) is 6.71. The maximum Gasteiger partial charge on any atom is 0.407 e. The Labute approximate surface area is 169 Å². The van der Waals surface area contributed by atoms with Crippen molar-refractivity contribution in [3.63, 3.8) is 0 Å². The largest absolute Gasteiger partial charge is 0.407 e. The summed E-state index contributed by atoms with van der Waals surface area (Å²) < 4.78 is 38.0. The van der Waals surface area contributed by atoms with Crippen molar-refractivity contribution < 1.29 is 13.2 Å². The van der Waals surface area contributed by atoms with E-state index in [2.05, 4.69) is 23.7 Å². The second kappa shape index (κ2) is 10.7. The lowest BCUT2D eigenvalue weighted by atomic mass is 10.0. The lowest BCUT2D eigenvalue weighted by Crippen LogP contribution is -2.36. The summed E-state index contributed by atoms with van der Waals surface area (Å²) >= 11 is 1.65. The van der Waals surface area contributed by atoms with E-state index >= 15 is 0 Å². The van der Waals surface area contributed by atoms with E-state index in [1.54, 1.807) is 11.3 Å². The second-order valence-electron chi connectivity index (χ2n) is 7.08. The molecule has 1 aromatic heterocycles. The van der Waals surface area contributed by atoms with Crippen LogP contribution in [0, 0.1) is 0 Å². The van der Waals surface area contributed by atoms with Gasteiger partial charge in [-0.3, -0.25) is 0 Å². The highest BCUT2D eigenvalue weighted by atomic mass is 32.1. The molecule has 0 bridgehead atoms. The van der Waals surface area contributed by atoms with E-state index in [0.29, 0.717) is 12.2 Å². The first kappa shape index (κ1) is 22.6. The van der Waals surface area contributed by atoms with E-state index in [1.807, 2.05) is 12.2 Å². The minimum atomic E-state index is -4.50. The molecule has 0 saturated heterocycles. The van der Waals surface area contributed by atoms with Crippen LogP contribution in [0.1, 0.15) is 55.9 Å². The number of unbranched alkanes of at least 4 members (excludes halogenated alkanes) is 5. The van der Waals surface area contributed by atoms with Crippen LogP contribution in [-0.2, 0) is 6.42 Å². The lowest BCUT2D eigenvalue weighted by molar-refractivity contribution is -0.137. The van der Waals surface area contributed by atoms with Crippen LogP contribution in [0.25, 0.3) is 5.57 Å². The number of nitrogens with one attached hydrogen (secondary N) is 1. The van der Waals surface area contributed by atoms with Gasteiger partial charge in [-0.25, -0.2) is 0 Å². The molecule has 1 aromatic rings. The summed E-state index contributed by atoms with van der Waals surface area (Å²) in [5.74, 6) is 0. The predicted molar refractivity (Wildman–Crippen MR) is 112 cm³/mol. The van der Waals surface area contributed by atoms with Gasteiger partial charge in [0, 0.05) is 11.4 Å². The molecule has 7 heteroatoms. The van der Waals surface area contributed by atoms with Gasteiger partial charge in [0.05, 0.1) is 11.4 Å². The Kier molecular flexibility index (Phi) is 8.63. The number of allylic oxidation sites excluding steroid dienone is 2. The molecule has 0 amide bonds. The number of dihydropyridines is 1. The first-order valence-electron chi connectivity index (χ1n) is 9.85. The Hall–Kier alpha value is -1.73. The number of thiophene rings is 1. The molecule has 3 nitrogen and oxygen atoms in total. The molecule has 1 aliphatic heterocycles. The van der Waals surface area contributed by atoms with Crippen LogP contribution < -0.4 is 16.8 Å². The summed E-state index contributed by atoms with van der Waals surface area (Å²) in [5, 5.41) is 5.10. The van der Waals surface area contributed by atoms with Gasteiger partial charge in [-0.2, -0.15) is 13.2 Å². The van der Waals surface area contributed by atoms with Gasteiger partial charge < -0.3 is 16.8 Å². The molecule has 0 fully saturated rings. The number of alkyl halides is 3. The van der Waals surface area contributed by atoms with Crippen molar-refractivity contribution in [2.24, 2.45) is 11.5 Å². The topological polar surface area (TPSA) is 64.1 Å². The summed E-state index contributed by atoms with van der Waals surface area (Å²) in [5.41, 5.74) is 13.8. The van der Waals surface area contributed by atoms with Gasteiger partial charge in [0.25, 0.3) is 0 Å². The average Bonchev–Trinajstić information content (AvgIpc) is 3.12. The van der Waals surface area contributed by atoms with Gasteiger partial charge in [-0.15, -0.1) is 11.3 Å². The smallest absolute Gasteiger partial charge is 0.397 e. The normalized spacial score (nSPS) is 16.4. The lowest BCUT2D eigenvalue weighted by Gasteiger charge is -2.19. The molecule has 0 spiro atoms. The van der Waals surface area contributed by atoms with Gasteiger partial charge in [0.2, 0.25) is 0 Å². The first-order valence-corrected chi connectivity index (χ1v) is 10.7. The Morgan fingerprint density at radius 2 is 1.96 bits per heavy atom. The third-order valence-electron chi connectivity index (χ3n) is 4.77. The van der Waals surface area contributed by atoms with E-state index < -0.39 is 12.2 Å². The molecule has 0 saturated carbocycles. The van der Waals surface area contributed by atoms with Gasteiger partial charge in [-0.1, -0.05) is 45.1 Å². The van der Waals surface area contributed by atoms with Crippen molar-refractivity contribution in [2.75, 3.05) is 6.54 Å². The molecule has 2 heterocycles. The zero-order valence-electron chi connectivity index (χ0n) is 16.3. The molecule has 1 atom stereocenters. The second-order valence-corrected chi connectivity index (χ2v) is 8.00. The highest BCUT2D eigenvalue weighted by molar-refractivity contribution is 7.11. The molecule has 1 aliphatic rings. The summed E-state index contributed by atoms with van der Waals surface area (Å²) in [6.45, 7) is 2.73. The van der Waals surface area contributed by atoms with Crippen LogP contribution in [0.2, 0.25) is 0 Å². The van der Waals surface area contributed by atoms with Gasteiger partial charge >= 0.3 is 6.18 Å². The van der Waals surface area contributed by atoms with Crippen LogP contribution in [0.15, 0.2) is 41.1 Å². The minimum Gasteiger partial charge on any atom is -0.397 e. The fraction of sp³-hybridized carbons (Fsp3) is 0.524. The van der Waals surface area contributed by atoms with E-state index in [1.165, 1.54) is 42.5 Å². The molecular weight excluding hydrogens is 383 g/mol. The molecule has 0 aromatic carbocycles. The molecular formula is C21H30F3N3S. The summed E-state index contributed by atoms with van der Waals surface area (Å²) in [6, 6.07) is 0.0656. The van der Waals surface area contributed by atoms with Crippen LogP contribution in [0.4, 0.5) is 13.2 Å². The molecule has 156 valence electrons. The van der Waals surface area contributed by atoms with Crippen LogP contribution in [0.5, 0.6) is 0 Å². The van der Waals surface area contributed by atoms with E-state index in [4.69, 9.17) is 11.5 Å². The number of nitrogens with two attached hydrogens (primary N) is 2. The molecule has 5 N–H and O–H groups in total. The van der Waals surface area contributed by atoms with Crippen molar-refractivity contribution in [1.82, 2.24) is 5.32 Å². The maximum atomic E-state index is 12.7. The fourth-order valence-electron chi connectivity index (χ4n) is 3.14. The number of aryl methyl sites for hydroxylation is 1. The monoisotopic (exact) mass is 413 g/mol. The summed E-state index contributed by atoms with van der Waals surface area (Å²) in [6.07, 6.45) is 8.70. The van der Waals surface area contributed by atoms with E-state index in [0.717, 1.165) is 24.5 Å². The number of rotatable bonds is 10. The van der Waals surface area contributed by atoms with Crippen molar-refractivity contribution in [2.45, 2.75) is 64.1 Å².